The predicted molar refractivity (Wildman–Crippen MR) is 71.1 cm³/mol. The van der Waals surface area contributed by atoms with Crippen LogP contribution in [0, 0.1) is 17.7 Å². The standard InChI is InChI=1S/C15H19FO3/c1-18-7-4-8-19-12-14-9-13(5-2-3-6-17)10-15(16)11-14/h9-11,17H,3-4,6-8,12H2,1H3. The monoisotopic (exact) mass is 266 g/mol. The van der Waals surface area contributed by atoms with Crippen LogP contribution >= 0.6 is 0 Å². The van der Waals surface area contributed by atoms with Gasteiger partial charge in [0.15, 0.2) is 0 Å². The third kappa shape index (κ3) is 6.92. The lowest BCUT2D eigenvalue weighted by Crippen LogP contribution is -2.00. The Bertz CT molecular complexity index is 435. The van der Waals surface area contributed by atoms with Crippen LogP contribution in [0.1, 0.15) is 24.0 Å². The lowest BCUT2D eigenvalue weighted by atomic mass is 10.1. The summed E-state index contributed by atoms with van der Waals surface area (Å²) in [5, 5.41) is 8.63. The normalized spacial score (nSPS) is 10.1. The molecule has 1 aromatic carbocycles. The molecule has 0 unspecified atom stereocenters. The van der Waals surface area contributed by atoms with E-state index in [1.807, 2.05) is 0 Å². The maximum absolute atomic E-state index is 13.4. The highest BCUT2D eigenvalue weighted by Gasteiger charge is 2.00. The molecule has 0 fully saturated rings. The van der Waals surface area contributed by atoms with E-state index in [1.165, 1.54) is 12.1 Å². The van der Waals surface area contributed by atoms with Crippen molar-refractivity contribution in [2.75, 3.05) is 26.9 Å². The van der Waals surface area contributed by atoms with Gasteiger partial charge in [-0.1, -0.05) is 11.8 Å². The van der Waals surface area contributed by atoms with Gasteiger partial charge in [0.2, 0.25) is 0 Å². The second-order valence-electron chi connectivity index (χ2n) is 4.02. The summed E-state index contributed by atoms with van der Waals surface area (Å²) >= 11 is 0. The molecule has 19 heavy (non-hydrogen) atoms. The Hall–Kier alpha value is -1.41. The van der Waals surface area contributed by atoms with Gasteiger partial charge in [0.1, 0.15) is 5.82 Å². The average Bonchev–Trinajstić information content (AvgIpc) is 2.38. The summed E-state index contributed by atoms with van der Waals surface area (Å²) in [5.74, 6) is 5.25. The number of aliphatic hydroxyl groups is 1. The van der Waals surface area contributed by atoms with Crippen LogP contribution in [0.3, 0.4) is 0 Å². The zero-order valence-electron chi connectivity index (χ0n) is 11.1. The SMILES string of the molecule is COCCCOCc1cc(F)cc(C#CCCO)c1. The van der Waals surface area contributed by atoms with Gasteiger partial charge in [0.05, 0.1) is 13.2 Å². The molecule has 0 amide bonds. The molecule has 0 bridgehead atoms. The summed E-state index contributed by atoms with van der Waals surface area (Å²) in [6.07, 6.45) is 1.20. The Balaban J connectivity index is 2.52. The fourth-order valence-corrected chi connectivity index (χ4v) is 1.52. The summed E-state index contributed by atoms with van der Waals surface area (Å²) in [4.78, 5) is 0. The molecule has 0 spiro atoms. The van der Waals surface area contributed by atoms with Crippen LogP contribution in [0.2, 0.25) is 0 Å². The van der Waals surface area contributed by atoms with Crippen molar-refractivity contribution in [2.24, 2.45) is 0 Å². The number of benzene rings is 1. The third-order valence-corrected chi connectivity index (χ3v) is 2.33. The molecule has 0 heterocycles. The molecule has 104 valence electrons. The smallest absolute Gasteiger partial charge is 0.124 e. The van der Waals surface area contributed by atoms with Crippen molar-refractivity contribution in [1.29, 1.82) is 0 Å². The van der Waals surface area contributed by atoms with E-state index >= 15 is 0 Å². The fourth-order valence-electron chi connectivity index (χ4n) is 1.52. The molecule has 0 radical (unpaired) electrons. The van der Waals surface area contributed by atoms with Crippen molar-refractivity contribution < 1.29 is 19.0 Å². The fraction of sp³-hybridized carbons (Fsp3) is 0.467. The first kappa shape index (κ1) is 15.6. The molecule has 0 saturated heterocycles. The van der Waals surface area contributed by atoms with Gasteiger partial charge in [-0.25, -0.2) is 4.39 Å². The Kier molecular flexibility index (Phi) is 7.83. The Morgan fingerprint density at radius 3 is 2.84 bits per heavy atom. The van der Waals surface area contributed by atoms with Gasteiger partial charge in [0.25, 0.3) is 0 Å². The molecule has 0 saturated carbocycles. The molecule has 1 aromatic rings. The molecule has 1 N–H and O–H groups in total. The average molecular weight is 266 g/mol. The lowest BCUT2D eigenvalue weighted by molar-refractivity contribution is 0.0927. The number of hydrogen-bond donors (Lipinski definition) is 1. The molecule has 4 heteroatoms. The molecule has 1 rings (SSSR count). The zero-order chi connectivity index (χ0) is 13.9. The van der Waals surface area contributed by atoms with E-state index in [4.69, 9.17) is 14.6 Å². The first-order valence-electron chi connectivity index (χ1n) is 6.22. The Labute approximate surface area is 113 Å². The topological polar surface area (TPSA) is 38.7 Å². The van der Waals surface area contributed by atoms with E-state index in [-0.39, 0.29) is 12.4 Å². The van der Waals surface area contributed by atoms with Gasteiger partial charge in [-0.05, 0) is 30.2 Å². The number of ether oxygens (including phenoxy) is 2. The highest BCUT2D eigenvalue weighted by molar-refractivity contribution is 5.37. The van der Waals surface area contributed by atoms with Gasteiger partial charge in [0, 0.05) is 32.3 Å². The molecule has 3 nitrogen and oxygen atoms in total. The van der Waals surface area contributed by atoms with Crippen molar-refractivity contribution >= 4 is 0 Å². The highest BCUT2D eigenvalue weighted by atomic mass is 19.1. The lowest BCUT2D eigenvalue weighted by Gasteiger charge is -2.05. The summed E-state index contributed by atoms with van der Waals surface area (Å²) < 4.78 is 23.7. The molecule has 0 aliphatic heterocycles. The molecular formula is C15H19FO3. The second kappa shape index (κ2) is 9.51. The quantitative estimate of drug-likeness (QED) is 0.607. The first-order valence-corrected chi connectivity index (χ1v) is 6.22. The summed E-state index contributed by atoms with van der Waals surface area (Å²) in [6, 6.07) is 4.61. The van der Waals surface area contributed by atoms with Crippen LogP contribution in [0.4, 0.5) is 4.39 Å². The second-order valence-corrected chi connectivity index (χ2v) is 4.02. The van der Waals surface area contributed by atoms with Crippen molar-refractivity contribution in [2.45, 2.75) is 19.4 Å². The number of aliphatic hydroxyl groups excluding tert-OH is 1. The number of rotatable bonds is 7. The van der Waals surface area contributed by atoms with Gasteiger partial charge in [-0.15, -0.1) is 0 Å². The number of methoxy groups -OCH3 is 1. The molecule has 0 atom stereocenters. The summed E-state index contributed by atoms with van der Waals surface area (Å²) in [6.45, 7) is 1.60. The van der Waals surface area contributed by atoms with Crippen LogP contribution in [-0.4, -0.2) is 32.0 Å². The molecular weight excluding hydrogens is 247 g/mol. The zero-order valence-corrected chi connectivity index (χ0v) is 11.1. The minimum absolute atomic E-state index is 0.0117. The van der Waals surface area contributed by atoms with Crippen molar-refractivity contribution in [1.82, 2.24) is 0 Å². The minimum Gasteiger partial charge on any atom is -0.395 e. The Morgan fingerprint density at radius 2 is 2.11 bits per heavy atom. The van der Waals surface area contributed by atoms with Crippen LogP contribution in [-0.2, 0) is 16.1 Å². The third-order valence-electron chi connectivity index (χ3n) is 2.33. The largest absolute Gasteiger partial charge is 0.395 e. The van der Waals surface area contributed by atoms with Gasteiger partial charge in [-0.2, -0.15) is 0 Å². The van der Waals surface area contributed by atoms with E-state index in [0.717, 1.165) is 12.0 Å². The molecule has 0 aliphatic rings. The maximum Gasteiger partial charge on any atom is 0.124 e. The van der Waals surface area contributed by atoms with Gasteiger partial charge in [-0.3, -0.25) is 0 Å². The van der Waals surface area contributed by atoms with Gasteiger partial charge < -0.3 is 14.6 Å². The highest BCUT2D eigenvalue weighted by Crippen LogP contribution is 2.10. The van der Waals surface area contributed by atoms with Crippen LogP contribution < -0.4 is 0 Å². The van der Waals surface area contributed by atoms with E-state index in [2.05, 4.69) is 11.8 Å². The van der Waals surface area contributed by atoms with E-state index < -0.39 is 0 Å². The number of halogens is 1. The van der Waals surface area contributed by atoms with Crippen LogP contribution in [0.25, 0.3) is 0 Å². The van der Waals surface area contributed by atoms with Crippen molar-refractivity contribution in [3.63, 3.8) is 0 Å². The first-order chi connectivity index (χ1) is 9.26. The van der Waals surface area contributed by atoms with Gasteiger partial charge >= 0.3 is 0 Å². The molecule has 0 aromatic heterocycles. The summed E-state index contributed by atoms with van der Waals surface area (Å²) in [7, 11) is 1.64. The van der Waals surface area contributed by atoms with E-state index in [0.29, 0.717) is 31.8 Å². The Morgan fingerprint density at radius 1 is 1.26 bits per heavy atom. The molecule has 0 aliphatic carbocycles. The number of hydrogen-bond acceptors (Lipinski definition) is 3. The van der Waals surface area contributed by atoms with Crippen LogP contribution in [0.5, 0.6) is 0 Å². The van der Waals surface area contributed by atoms with Crippen molar-refractivity contribution in [3.05, 3.63) is 35.1 Å². The minimum atomic E-state index is -0.328. The van der Waals surface area contributed by atoms with E-state index in [9.17, 15) is 4.39 Å². The predicted octanol–water partition coefficient (Wildman–Crippen LogP) is 2.11. The van der Waals surface area contributed by atoms with Crippen molar-refractivity contribution in [3.8, 4) is 11.8 Å². The summed E-state index contributed by atoms with van der Waals surface area (Å²) in [5.41, 5.74) is 1.36. The maximum atomic E-state index is 13.4. The van der Waals surface area contributed by atoms with E-state index in [1.54, 1.807) is 13.2 Å². The van der Waals surface area contributed by atoms with Crippen LogP contribution in [0.15, 0.2) is 18.2 Å².